The minimum Gasteiger partial charge on any atom is -0.382 e. The second kappa shape index (κ2) is 6.82. The number of anilines is 1. The lowest BCUT2D eigenvalue weighted by Gasteiger charge is -2.33. The average molecular weight is 245 g/mol. The van der Waals surface area contributed by atoms with E-state index in [1.54, 1.807) is 0 Å². The number of hydrogen-bond acceptors (Lipinski definition) is 1. The zero-order chi connectivity index (χ0) is 12.8. The van der Waals surface area contributed by atoms with Gasteiger partial charge < -0.3 is 5.32 Å². The first-order chi connectivity index (χ1) is 8.85. The maximum absolute atomic E-state index is 3.84. The Morgan fingerprint density at radius 3 is 2.67 bits per heavy atom. The van der Waals surface area contributed by atoms with Crippen molar-refractivity contribution in [2.24, 2.45) is 5.92 Å². The summed E-state index contributed by atoms with van der Waals surface area (Å²) in [6, 6.07) is 9.54. The van der Waals surface area contributed by atoms with Gasteiger partial charge in [-0.1, -0.05) is 57.7 Å². The predicted octanol–water partition coefficient (Wildman–Crippen LogP) is 5.02. The number of aryl methyl sites for hydroxylation is 1. The minimum absolute atomic E-state index is 0.696. The van der Waals surface area contributed by atoms with Gasteiger partial charge in [0.1, 0.15) is 0 Å². The van der Waals surface area contributed by atoms with Crippen molar-refractivity contribution in [3.8, 4) is 0 Å². The molecule has 2 atom stereocenters. The highest BCUT2D eigenvalue weighted by Gasteiger charge is 2.23. The lowest BCUT2D eigenvalue weighted by molar-refractivity contribution is 0.317. The molecule has 0 amide bonds. The van der Waals surface area contributed by atoms with Gasteiger partial charge in [0.25, 0.3) is 0 Å². The van der Waals surface area contributed by atoms with Gasteiger partial charge in [-0.05, 0) is 36.8 Å². The standard InChI is InChI=1S/C17H27N/c1-3-9-15-11-6-8-13-17(15)18-16-12-7-5-10-14(16)4-2/h6,8,11,13-14,16,18H,3-5,7,9-10,12H2,1-2H3. The Kier molecular flexibility index (Phi) is 5.10. The van der Waals surface area contributed by atoms with Crippen LogP contribution in [0.25, 0.3) is 0 Å². The van der Waals surface area contributed by atoms with Gasteiger partial charge in [-0.25, -0.2) is 0 Å². The molecule has 1 aromatic carbocycles. The van der Waals surface area contributed by atoms with Crippen molar-refractivity contribution < 1.29 is 0 Å². The van der Waals surface area contributed by atoms with Crippen LogP contribution in [-0.4, -0.2) is 6.04 Å². The van der Waals surface area contributed by atoms with Crippen LogP contribution in [0.5, 0.6) is 0 Å². The highest BCUT2D eigenvalue weighted by Crippen LogP contribution is 2.30. The molecule has 0 saturated heterocycles. The summed E-state index contributed by atoms with van der Waals surface area (Å²) in [6.45, 7) is 4.59. The van der Waals surface area contributed by atoms with E-state index in [-0.39, 0.29) is 0 Å². The van der Waals surface area contributed by atoms with Crippen molar-refractivity contribution in [3.63, 3.8) is 0 Å². The summed E-state index contributed by atoms with van der Waals surface area (Å²) in [4.78, 5) is 0. The van der Waals surface area contributed by atoms with Gasteiger partial charge >= 0.3 is 0 Å². The van der Waals surface area contributed by atoms with Crippen LogP contribution >= 0.6 is 0 Å². The summed E-state index contributed by atoms with van der Waals surface area (Å²) in [5, 5.41) is 3.84. The predicted molar refractivity (Wildman–Crippen MR) is 80.1 cm³/mol. The van der Waals surface area contributed by atoms with E-state index < -0.39 is 0 Å². The van der Waals surface area contributed by atoms with E-state index in [0.717, 1.165) is 5.92 Å². The van der Waals surface area contributed by atoms with E-state index in [9.17, 15) is 0 Å². The summed E-state index contributed by atoms with van der Waals surface area (Å²) in [5.74, 6) is 0.869. The van der Waals surface area contributed by atoms with Crippen LogP contribution in [0.2, 0.25) is 0 Å². The molecule has 1 saturated carbocycles. The molecule has 1 N–H and O–H groups in total. The normalized spacial score (nSPS) is 23.9. The Morgan fingerprint density at radius 2 is 1.89 bits per heavy atom. The third-order valence-electron chi connectivity index (χ3n) is 4.31. The van der Waals surface area contributed by atoms with E-state index >= 15 is 0 Å². The zero-order valence-electron chi connectivity index (χ0n) is 11.9. The largest absolute Gasteiger partial charge is 0.382 e. The van der Waals surface area contributed by atoms with Crippen LogP contribution in [-0.2, 0) is 6.42 Å². The van der Waals surface area contributed by atoms with Crippen molar-refractivity contribution in [1.29, 1.82) is 0 Å². The van der Waals surface area contributed by atoms with E-state index in [4.69, 9.17) is 0 Å². The monoisotopic (exact) mass is 245 g/mol. The fourth-order valence-electron chi connectivity index (χ4n) is 3.23. The van der Waals surface area contributed by atoms with E-state index in [1.165, 1.54) is 56.2 Å². The third kappa shape index (κ3) is 3.28. The molecule has 0 aliphatic heterocycles. The number of rotatable bonds is 5. The Balaban J connectivity index is 2.07. The van der Waals surface area contributed by atoms with Crippen molar-refractivity contribution in [2.45, 2.75) is 64.8 Å². The molecule has 1 aliphatic carbocycles. The zero-order valence-corrected chi connectivity index (χ0v) is 11.9. The lowest BCUT2D eigenvalue weighted by Crippen LogP contribution is -2.32. The van der Waals surface area contributed by atoms with Gasteiger partial charge in [0.05, 0.1) is 0 Å². The molecular weight excluding hydrogens is 218 g/mol. The Bertz CT molecular complexity index is 358. The molecule has 1 heteroatoms. The van der Waals surface area contributed by atoms with Crippen molar-refractivity contribution in [2.75, 3.05) is 5.32 Å². The topological polar surface area (TPSA) is 12.0 Å². The van der Waals surface area contributed by atoms with Crippen molar-refractivity contribution in [1.82, 2.24) is 0 Å². The molecule has 1 aromatic rings. The molecule has 0 bridgehead atoms. The molecule has 0 heterocycles. The Morgan fingerprint density at radius 1 is 1.11 bits per heavy atom. The van der Waals surface area contributed by atoms with Gasteiger partial charge in [-0.15, -0.1) is 0 Å². The number of para-hydroxylation sites is 1. The summed E-state index contributed by atoms with van der Waals surface area (Å²) in [6.07, 6.45) is 9.29. The smallest absolute Gasteiger partial charge is 0.0374 e. The lowest BCUT2D eigenvalue weighted by atomic mass is 9.82. The highest BCUT2D eigenvalue weighted by atomic mass is 14.9. The molecule has 0 radical (unpaired) electrons. The first kappa shape index (κ1) is 13.5. The molecule has 0 aromatic heterocycles. The first-order valence-electron chi connectivity index (χ1n) is 7.69. The molecule has 1 nitrogen and oxygen atoms in total. The highest BCUT2D eigenvalue weighted by molar-refractivity contribution is 5.52. The number of nitrogens with one attached hydrogen (secondary N) is 1. The maximum Gasteiger partial charge on any atom is 0.0374 e. The first-order valence-corrected chi connectivity index (χ1v) is 7.69. The molecule has 100 valence electrons. The van der Waals surface area contributed by atoms with E-state index in [1.807, 2.05) is 0 Å². The molecule has 18 heavy (non-hydrogen) atoms. The Hall–Kier alpha value is -0.980. The van der Waals surface area contributed by atoms with Gasteiger partial charge in [-0.3, -0.25) is 0 Å². The van der Waals surface area contributed by atoms with Gasteiger partial charge in [0.15, 0.2) is 0 Å². The average Bonchev–Trinajstić information content (AvgIpc) is 2.42. The fourth-order valence-corrected chi connectivity index (χ4v) is 3.23. The molecule has 2 rings (SSSR count). The molecule has 1 aliphatic rings. The molecule has 1 fully saturated rings. The van der Waals surface area contributed by atoms with E-state index in [0.29, 0.717) is 6.04 Å². The second-order valence-electron chi connectivity index (χ2n) is 5.61. The third-order valence-corrected chi connectivity index (χ3v) is 4.31. The van der Waals surface area contributed by atoms with Crippen LogP contribution in [0, 0.1) is 5.92 Å². The van der Waals surface area contributed by atoms with Crippen molar-refractivity contribution >= 4 is 5.69 Å². The minimum atomic E-state index is 0.696. The summed E-state index contributed by atoms with van der Waals surface area (Å²) in [7, 11) is 0. The summed E-state index contributed by atoms with van der Waals surface area (Å²) in [5.41, 5.74) is 2.87. The van der Waals surface area contributed by atoms with Crippen molar-refractivity contribution in [3.05, 3.63) is 29.8 Å². The van der Waals surface area contributed by atoms with Crippen LogP contribution < -0.4 is 5.32 Å². The summed E-state index contributed by atoms with van der Waals surface area (Å²) < 4.78 is 0. The van der Waals surface area contributed by atoms with Crippen LogP contribution in [0.1, 0.15) is 57.9 Å². The van der Waals surface area contributed by atoms with Gasteiger partial charge in [0.2, 0.25) is 0 Å². The van der Waals surface area contributed by atoms with Crippen LogP contribution in [0.3, 0.4) is 0 Å². The van der Waals surface area contributed by atoms with E-state index in [2.05, 4.69) is 43.4 Å². The molecule has 0 spiro atoms. The quantitative estimate of drug-likeness (QED) is 0.768. The van der Waals surface area contributed by atoms with Gasteiger partial charge in [-0.2, -0.15) is 0 Å². The SMILES string of the molecule is CCCc1ccccc1NC1CCCCC1CC. The van der Waals surface area contributed by atoms with Gasteiger partial charge in [0, 0.05) is 11.7 Å². The molecular formula is C17H27N. The maximum atomic E-state index is 3.84. The number of hydrogen-bond donors (Lipinski definition) is 1. The van der Waals surface area contributed by atoms with Crippen LogP contribution in [0.15, 0.2) is 24.3 Å². The second-order valence-corrected chi connectivity index (χ2v) is 5.61. The Labute approximate surface area is 112 Å². The molecule has 2 unspecified atom stereocenters. The fraction of sp³-hybridized carbons (Fsp3) is 0.647. The number of benzene rings is 1. The van der Waals surface area contributed by atoms with Crippen LogP contribution in [0.4, 0.5) is 5.69 Å². The summed E-state index contributed by atoms with van der Waals surface area (Å²) >= 11 is 0.